The summed E-state index contributed by atoms with van der Waals surface area (Å²) in [6.07, 6.45) is 1.31. The molecule has 0 saturated heterocycles. The minimum Gasteiger partial charge on any atom is -0.481 e. The third-order valence-electron chi connectivity index (χ3n) is 6.88. The number of carboxylic acids is 1. The van der Waals surface area contributed by atoms with Crippen molar-refractivity contribution in [2.24, 2.45) is 0 Å². The predicted molar refractivity (Wildman–Crippen MR) is 138 cm³/mol. The van der Waals surface area contributed by atoms with Crippen LogP contribution in [0.15, 0.2) is 71.3 Å². The van der Waals surface area contributed by atoms with Crippen LogP contribution in [0.4, 0.5) is 19.3 Å². The second kappa shape index (κ2) is 10.1. The van der Waals surface area contributed by atoms with E-state index < -0.39 is 29.9 Å². The fourth-order valence-electron chi connectivity index (χ4n) is 4.44. The van der Waals surface area contributed by atoms with Crippen molar-refractivity contribution >= 4 is 17.7 Å². The molecule has 5 rings (SSSR count). The molecule has 38 heavy (non-hydrogen) atoms. The molecule has 0 radical (unpaired) electrons. The lowest BCUT2D eigenvalue weighted by atomic mass is 9.93. The van der Waals surface area contributed by atoms with E-state index in [2.05, 4.69) is 15.8 Å². The Hall–Kier alpha value is -4.53. The van der Waals surface area contributed by atoms with E-state index in [9.17, 15) is 23.5 Å². The van der Waals surface area contributed by atoms with Crippen LogP contribution in [0.25, 0.3) is 22.5 Å². The third kappa shape index (κ3) is 4.87. The van der Waals surface area contributed by atoms with Crippen LogP contribution in [0, 0.1) is 12.7 Å². The Kier molecular flexibility index (Phi) is 6.67. The van der Waals surface area contributed by atoms with Crippen molar-refractivity contribution in [2.75, 3.05) is 5.32 Å². The van der Waals surface area contributed by atoms with E-state index >= 15 is 0 Å². The monoisotopic (exact) mass is 517 g/mol. The topological polar surface area (TPSA) is 104 Å². The minimum atomic E-state index is -0.784. The third-order valence-corrected chi connectivity index (χ3v) is 6.88. The number of alkyl halides is 1. The highest BCUT2D eigenvalue weighted by atomic mass is 19.1. The van der Waals surface area contributed by atoms with E-state index in [1.807, 2.05) is 48.5 Å². The molecule has 194 valence electrons. The summed E-state index contributed by atoms with van der Waals surface area (Å²) in [6, 6.07) is 18.3. The highest BCUT2D eigenvalue weighted by Gasteiger charge is 2.51. The van der Waals surface area contributed by atoms with Crippen molar-refractivity contribution in [3.05, 3.63) is 94.9 Å². The highest BCUT2D eigenvalue weighted by Crippen LogP contribution is 2.48. The summed E-state index contributed by atoms with van der Waals surface area (Å²) in [7, 11) is 0. The maximum Gasteiger partial charge on any atom is 0.319 e. The molecule has 1 aliphatic carbocycles. The maximum absolute atomic E-state index is 14.0. The molecule has 7 nitrogen and oxygen atoms in total. The van der Waals surface area contributed by atoms with Crippen molar-refractivity contribution in [2.45, 2.75) is 38.4 Å². The Morgan fingerprint density at radius 2 is 1.63 bits per heavy atom. The van der Waals surface area contributed by atoms with E-state index in [-0.39, 0.29) is 12.1 Å². The summed E-state index contributed by atoms with van der Waals surface area (Å²) in [5, 5.41) is 18.7. The zero-order valence-corrected chi connectivity index (χ0v) is 20.6. The number of hydrogen-bond acceptors (Lipinski definition) is 4. The number of carbonyl (C=O) groups is 2. The molecule has 2 amide bonds. The van der Waals surface area contributed by atoms with E-state index in [1.165, 1.54) is 18.2 Å². The molecule has 1 aromatic heterocycles. The number of hydrogen-bond donors (Lipinski definition) is 3. The number of urea groups is 1. The predicted octanol–water partition coefficient (Wildman–Crippen LogP) is 6.36. The summed E-state index contributed by atoms with van der Waals surface area (Å²) in [5.74, 6) is -0.955. The van der Waals surface area contributed by atoms with Gasteiger partial charge in [-0.15, -0.1) is 0 Å². The SMILES string of the molecule is Cc1noc(-c2ccc(-c3ccc(C4(C(=O)O)CC4)cc3)cc2)c1NC(=O)NCc1cc(CF)ccc1F. The second-order valence-electron chi connectivity index (χ2n) is 9.38. The number of nitrogens with one attached hydrogen (secondary N) is 2. The number of aliphatic carboxylic acids is 1. The molecule has 9 heteroatoms. The van der Waals surface area contributed by atoms with Gasteiger partial charge in [0.15, 0.2) is 5.76 Å². The first-order valence-corrected chi connectivity index (χ1v) is 12.1. The van der Waals surface area contributed by atoms with Crippen molar-refractivity contribution < 1.29 is 28.0 Å². The van der Waals surface area contributed by atoms with Crippen molar-refractivity contribution in [3.63, 3.8) is 0 Å². The van der Waals surface area contributed by atoms with Crippen molar-refractivity contribution in [1.82, 2.24) is 10.5 Å². The van der Waals surface area contributed by atoms with E-state index in [0.717, 1.165) is 16.7 Å². The Bertz CT molecular complexity index is 1490. The van der Waals surface area contributed by atoms with Gasteiger partial charge in [0.1, 0.15) is 23.9 Å². The fourth-order valence-corrected chi connectivity index (χ4v) is 4.44. The average Bonchev–Trinajstić information content (AvgIpc) is 3.68. The van der Waals surface area contributed by atoms with Crippen LogP contribution < -0.4 is 10.6 Å². The first-order chi connectivity index (χ1) is 18.3. The molecule has 3 aromatic carbocycles. The van der Waals surface area contributed by atoms with Gasteiger partial charge < -0.3 is 20.3 Å². The van der Waals surface area contributed by atoms with Crippen LogP contribution in [0.5, 0.6) is 0 Å². The summed E-state index contributed by atoms with van der Waals surface area (Å²) in [6.45, 7) is 0.844. The van der Waals surface area contributed by atoms with Gasteiger partial charge in [-0.05, 0) is 54.2 Å². The van der Waals surface area contributed by atoms with Gasteiger partial charge in [0.2, 0.25) is 0 Å². The van der Waals surface area contributed by atoms with Gasteiger partial charge in [-0.1, -0.05) is 59.8 Å². The Morgan fingerprint density at radius 3 is 2.24 bits per heavy atom. The molecule has 1 saturated carbocycles. The number of amides is 2. The molecule has 4 aromatic rings. The smallest absolute Gasteiger partial charge is 0.319 e. The number of rotatable bonds is 8. The molecule has 3 N–H and O–H groups in total. The Morgan fingerprint density at radius 1 is 1.00 bits per heavy atom. The van der Waals surface area contributed by atoms with Crippen molar-refractivity contribution in [1.29, 1.82) is 0 Å². The average molecular weight is 518 g/mol. The molecule has 1 fully saturated rings. The molecule has 1 heterocycles. The quantitative estimate of drug-likeness (QED) is 0.252. The molecule has 0 unspecified atom stereocenters. The number of carbonyl (C=O) groups excluding carboxylic acids is 1. The number of carboxylic acid groups (broad SMARTS) is 1. The molecular weight excluding hydrogens is 492 g/mol. The highest BCUT2D eigenvalue weighted by molar-refractivity contribution is 5.94. The normalized spacial score (nSPS) is 13.7. The minimum absolute atomic E-state index is 0.119. The Balaban J connectivity index is 1.28. The zero-order valence-electron chi connectivity index (χ0n) is 20.6. The van der Waals surface area contributed by atoms with Crippen molar-refractivity contribution in [3.8, 4) is 22.5 Å². The number of halogens is 2. The number of nitrogens with zero attached hydrogens (tertiary/aromatic N) is 1. The van der Waals surface area contributed by atoms with Crippen LogP contribution in [0.2, 0.25) is 0 Å². The molecular formula is C29H25F2N3O4. The van der Waals surface area contributed by atoms with Gasteiger partial charge >= 0.3 is 12.0 Å². The summed E-state index contributed by atoms with van der Waals surface area (Å²) in [4.78, 5) is 24.1. The van der Waals surface area contributed by atoms with Gasteiger partial charge in [-0.25, -0.2) is 13.6 Å². The molecule has 1 aliphatic rings. The largest absolute Gasteiger partial charge is 0.481 e. The fraction of sp³-hybridized carbons (Fsp3) is 0.207. The van der Waals surface area contributed by atoms with Crippen LogP contribution in [0.1, 0.15) is 35.2 Å². The number of aromatic nitrogens is 1. The molecule has 0 aliphatic heterocycles. The molecule has 0 spiro atoms. The van der Waals surface area contributed by atoms with Gasteiger partial charge in [-0.3, -0.25) is 4.79 Å². The maximum atomic E-state index is 14.0. The second-order valence-corrected chi connectivity index (χ2v) is 9.38. The number of benzene rings is 3. The lowest BCUT2D eigenvalue weighted by Crippen LogP contribution is -2.28. The van der Waals surface area contributed by atoms with E-state index in [0.29, 0.717) is 41.1 Å². The number of anilines is 1. The first kappa shape index (κ1) is 25.1. The van der Waals surface area contributed by atoms with Gasteiger partial charge in [-0.2, -0.15) is 0 Å². The zero-order chi connectivity index (χ0) is 26.9. The number of aryl methyl sites for hydroxylation is 1. The van der Waals surface area contributed by atoms with Crippen LogP contribution >= 0.6 is 0 Å². The van der Waals surface area contributed by atoms with Crippen LogP contribution in [0.3, 0.4) is 0 Å². The first-order valence-electron chi connectivity index (χ1n) is 12.1. The summed E-state index contributed by atoms with van der Waals surface area (Å²) >= 11 is 0. The van der Waals surface area contributed by atoms with Crippen LogP contribution in [-0.4, -0.2) is 22.3 Å². The Labute approximate surface area is 217 Å². The standard InChI is InChI=1S/C29H25F2N3O4/c1-17-25(33-28(37)32-16-22-14-18(15-30)2-11-24(22)31)26(38-34-17)21-5-3-19(4-6-21)20-7-9-23(10-8-20)29(12-13-29)27(35)36/h2-11,14H,12-13,15-16H2,1H3,(H,35,36)(H2,32,33,37). The molecule has 0 atom stereocenters. The lowest BCUT2D eigenvalue weighted by molar-refractivity contribution is -0.140. The lowest BCUT2D eigenvalue weighted by Gasteiger charge is -2.11. The van der Waals surface area contributed by atoms with Gasteiger partial charge in [0.05, 0.1) is 5.41 Å². The van der Waals surface area contributed by atoms with Crippen LogP contribution in [-0.2, 0) is 23.4 Å². The molecule has 0 bridgehead atoms. The van der Waals surface area contributed by atoms with Gasteiger partial charge in [0.25, 0.3) is 0 Å². The van der Waals surface area contributed by atoms with E-state index in [4.69, 9.17) is 4.52 Å². The summed E-state index contributed by atoms with van der Waals surface area (Å²) < 4.78 is 32.4. The summed E-state index contributed by atoms with van der Waals surface area (Å²) in [5.41, 5.74) is 3.98. The van der Waals surface area contributed by atoms with Gasteiger partial charge in [0, 0.05) is 17.7 Å². The van der Waals surface area contributed by atoms with E-state index in [1.54, 1.807) is 6.92 Å².